The zero-order valence-corrected chi connectivity index (χ0v) is 11.7. The number of hydrogen-bond acceptors (Lipinski definition) is 3. The fraction of sp³-hybridized carbons (Fsp3) is 0.417. The van der Waals surface area contributed by atoms with Crippen LogP contribution in [0.2, 0.25) is 0 Å². The van der Waals surface area contributed by atoms with Gasteiger partial charge >= 0.3 is 0 Å². The predicted molar refractivity (Wildman–Crippen MR) is 77.3 cm³/mol. The van der Waals surface area contributed by atoms with E-state index in [1.54, 1.807) is 0 Å². The quantitative estimate of drug-likeness (QED) is 0.872. The Bertz CT molecular complexity index is 356. The number of carbonyl (C=O) groups excluding carboxylic acids is 1. The molecule has 0 aliphatic carbocycles. The maximum absolute atomic E-state index is 11.6. The van der Waals surface area contributed by atoms with Crippen LogP contribution < -0.4 is 11.1 Å². The highest BCUT2D eigenvalue weighted by molar-refractivity contribution is 5.85. The molecule has 18 heavy (non-hydrogen) atoms. The zero-order chi connectivity index (χ0) is 11.4. The van der Waals surface area contributed by atoms with Crippen LogP contribution in [0.4, 0.5) is 0 Å². The Kier molecular flexibility index (Phi) is 7.95. The molecule has 3 N–H and O–H groups in total. The number of piperazine rings is 1. The monoisotopic (exact) mass is 291 g/mol. The molecule has 1 aromatic carbocycles. The fourth-order valence-electron chi connectivity index (χ4n) is 2.13. The lowest BCUT2D eigenvalue weighted by molar-refractivity contribution is -0.123. The summed E-state index contributed by atoms with van der Waals surface area (Å²) >= 11 is 0. The zero-order valence-electron chi connectivity index (χ0n) is 10.0. The molecule has 1 aliphatic heterocycles. The Morgan fingerprint density at radius 1 is 1.17 bits per heavy atom. The van der Waals surface area contributed by atoms with Crippen LogP contribution in [-0.2, 0) is 4.79 Å². The van der Waals surface area contributed by atoms with E-state index in [1.807, 2.05) is 30.3 Å². The van der Waals surface area contributed by atoms with E-state index >= 15 is 0 Å². The predicted octanol–water partition coefficient (Wildman–Crippen LogP) is 0.962. The molecular weight excluding hydrogens is 273 g/mol. The maximum Gasteiger partial charge on any atom is 0.239 e. The second-order valence-electron chi connectivity index (χ2n) is 4.00. The summed E-state index contributed by atoms with van der Waals surface area (Å²) in [6, 6.07) is 9.44. The van der Waals surface area contributed by atoms with Gasteiger partial charge in [-0.3, -0.25) is 9.69 Å². The molecule has 1 fully saturated rings. The van der Waals surface area contributed by atoms with E-state index in [4.69, 9.17) is 5.73 Å². The van der Waals surface area contributed by atoms with Crippen molar-refractivity contribution in [3.05, 3.63) is 35.9 Å². The van der Waals surface area contributed by atoms with Crippen LogP contribution in [0.5, 0.6) is 0 Å². The number of rotatable bonds is 3. The molecule has 0 radical (unpaired) electrons. The van der Waals surface area contributed by atoms with Gasteiger partial charge in [0.1, 0.15) is 6.04 Å². The smallest absolute Gasteiger partial charge is 0.239 e. The summed E-state index contributed by atoms with van der Waals surface area (Å²) in [6.07, 6.45) is 0. The van der Waals surface area contributed by atoms with E-state index in [0.29, 0.717) is 0 Å². The lowest BCUT2D eigenvalue weighted by Crippen LogP contribution is -2.48. The fourth-order valence-corrected chi connectivity index (χ4v) is 2.13. The number of benzene rings is 1. The first-order valence-corrected chi connectivity index (χ1v) is 5.58. The van der Waals surface area contributed by atoms with Gasteiger partial charge < -0.3 is 11.1 Å². The first-order valence-electron chi connectivity index (χ1n) is 5.58. The first kappa shape index (κ1) is 17.2. The minimum absolute atomic E-state index is 0. The third-order valence-electron chi connectivity index (χ3n) is 2.90. The van der Waals surface area contributed by atoms with Gasteiger partial charge in [-0.25, -0.2) is 0 Å². The van der Waals surface area contributed by atoms with Crippen molar-refractivity contribution in [1.82, 2.24) is 10.2 Å². The molecule has 0 spiro atoms. The Balaban J connectivity index is 0.00000144. The van der Waals surface area contributed by atoms with Gasteiger partial charge in [0.2, 0.25) is 5.91 Å². The van der Waals surface area contributed by atoms with Gasteiger partial charge in [-0.05, 0) is 5.56 Å². The van der Waals surface area contributed by atoms with Crippen molar-refractivity contribution in [2.75, 3.05) is 26.2 Å². The third kappa shape index (κ3) is 4.14. The van der Waals surface area contributed by atoms with Gasteiger partial charge in [0, 0.05) is 26.2 Å². The van der Waals surface area contributed by atoms with Crippen molar-refractivity contribution in [3.8, 4) is 0 Å². The van der Waals surface area contributed by atoms with E-state index in [2.05, 4.69) is 10.2 Å². The van der Waals surface area contributed by atoms with Crippen LogP contribution in [0.1, 0.15) is 11.6 Å². The maximum atomic E-state index is 11.6. The van der Waals surface area contributed by atoms with E-state index in [-0.39, 0.29) is 36.8 Å². The van der Waals surface area contributed by atoms with Gasteiger partial charge in [0.25, 0.3) is 0 Å². The summed E-state index contributed by atoms with van der Waals surface area (Å²) in [6.45, 7) is 3.55. The molecule has 1 aliphatic rings. The Morgan fingerprint density at radius 3 is 2.22 bits per heavy atom. The number of nitrogens with two attached hydrogens (primary N) is 1. The largest absolute Gasteiger partial charge is 0.368 e. The second-order valence-corrected chi connectivity index (χ2v) is 4.00. The first-order chi connectivity index (χ1) is 7.79. The topological polar surface area (TPSA) is 58.4 Å². The summed E-state index contributed by atoms with van der Waals surface area (Å²) < 4.78 is 0. The van der Waals surface area contributed by atoms with Gasteiger partial charge in [0.15, 0.2) is 0 Å². The van der Waals surface area contributed by atoms with Gasteiger partial charge in [-0.15, -0.1) is 24.8 Å². The number of carbonyl (C=O) groups is 1. The Labute approximate surface area is 120 Å². The van der Waals surface area contributed by atoms with E-state index in [0.717, 1.165) is 31.7 Å². The molecule has 6 heteroatoms. The Morgan fingerprint density at radius 2 is 1.72 bits per heavy atom. The summed E-state index contributed by atoms with van der Waals surface area (Å²) in [5, 5.41) is 3.27. The molecule has 1 amide bonds. The molecule has 4 nitrogen and oxygen atoms in total. The number of nitrogens with zero attached hydrogens (tertiary/aromatic N) is 1. The molecule has 0 bridgehead atoms. The van der Waals surface area contributed by atoms with Gasteiger partial charge in [0.05, 0.1) is 0 Å². The average molecular weight is 292 g/mol. The highest BCUT2D eigenvalue weighted by Crippen LogP contribution is 2.20. The van der Waals surface area contributed by atoms with Gasteiger partial charge in [-0.2, -0.15) is 0 Å². The van der Waals surface area contributed by atoms with E-state index < -0.39 is 0 Å². The minimum Gasteiger partial charge on any atom is -0.368 e. The van der Waals surface area contributed by atoms with Crippen molar-refractivity contribution in [1.29, 1.82) is 0 Å². The molecule has 1 saturated heterocycles. The van der Waals surface area contributed by atoms with Gasteiger partial charge in [-0.1, -0.05) is 30.3 Å². The summed E-state index contributed by atoms with van der Waals surface area (Å²) in [7, 11) is 0. The highest BCUT2D eigenvalue weighted by Gasteiger charge is 2.26. The number of hydrogen-bond donors (Lipinski definition) is 2. The standard InChI is InChI=1S/C12H17N3O.2ClH/c13-12(16)11(10-4-2-1-3-5-10)15-8-6-14-7-9-15;;/h1-5,11,14H,6-9H2,(H2,13,16);2*1H. The second kappa shape index (κ2) is 8.32. The van der Waals surface area contributed by atoms with E-state index in [9.17, 15) is 4.79 Å². The number of primary amides is 1. The van der Waals surface area contributed by atoms with E-state index in [1.165, 1.54) is 0 Å². The van der Waals surface area contributed by atoms with Crippen LogP contribution in [0.3, 0.4) is 0 Å². The SMILES string of the molecule is Cl.Cl.NC(=O)C(c1ccccc1)N1CCNCC1. The summed E-state index contributed by atoms with van der Waals surface area (Å²) in [5.74, 6) is -0.270. The third-order valence-corrected chi connectivity index (χ3v) is 2.90. The molecule has 2 rings (SSSR count). The van der Waals surface area contributed by atoms with Crippen LogP contribution >= 0.6 is 24.8 Å². The molecule has 1 heterocycles. The molecule has 1 atom stereocenters. The van der Waals surface area contributed by atoms with Crippen molar-refractivity contribution in [2.45, 2.75) is 6.04 Å². The molecule has 1 aromatic rings. The van der Waals surface area contributed by atoms with Crippen LogP contribution in [0, 0.1) is 0 Å². The number of nitrogens with one attached hydrogen (secondary N) is 1. The Hall–Kier alpha value is -0.810. The van der Waals surface area contributed by atoms with Crippen LogP contribution in [0.25, 0.3) is 0 Å². The minimum atomic E-state index is -0.289. The molecular formula is C12H19Cl2N3O. The van der Waals surface area contributed by atoms with Crippen molar-refractivity contribution in [2.24, 2.45) is 5.73 Å². The highest BCUT2D eigenvalue weighted by atomic mass is 35.5. The van der Waals surface area contributed by atoms with Crippen LogP contribution in [-0.4, -0.2) is 37.0 Å². The lowest BCUT2D eigenvalue weighted by atomic mass is 10.0. The van der Waals surface area contributed by atoms with Crippen LogP contribution in [0.15, 0.2) is 30.3 Å². The average Bonchev–Trinajstić information content (AvgIpc) is 2.31. The number of halogens is 2. The molecule has 0 aromatic heterocycles. The lowest BCUT2D eigenvalue weighted by Gasteiger charge is -2.33. The summed E-state index contributed by atoms with van der Waals surface area (Å²) in [4.78, 5) is 13.7. The normalized spacial score (nSPS) is 17.1. The molecule has 1 unspecified atom stereocenters. The van der Waals surface area contributed by atoms with Crippen molar-refractivity contribution < 1.29 is 4.79 Å². The molecule has 0 saturated carbocycles. The van der Waals surface area contributed by atoms with Crippen molar-refractivity contribution in [3.63, 3.8) is 0 Å². The summed E-state index contributed by atoms with van der Waals surface area (Å²) in [5.41, 5.74) is 6.48. The van der Waals surface area contributed by atoms with Crippen molar-refractivity contribution >= 4 is 30.7 Å². The number of amides is 1. The molecule has 102 valence electrons.